The molecule has 2 aromatic rings. The number of methoxy groups -OCH3 is 2. The molecule has 7 nitrogen and oxygen atoms in total. The highest BCUT2D eigenvalue weighted by atomic mass is 16.7. The van der Waals surface area contributed by atoms with Gasteiger partial charge < -0.3 is 23.8 Å². The summed E-state index contributed by atoms with van der Waals surface area (Å²) >= 11 is 0. The van der Waals surface area contributed by atoms with Crippen LogP contribution in [0.25, 0.3) is 0 Å². The summed E-state index contributed by atoms with van der Waals surface area (Å²) in [5, 5.41) is 0. The fourth-order valence-corrected chi connectivity index (χ4v) is 4.24. The van der Waals surface area contributed by atoms with Gasteiger partial charge >= 0.3 is 0 Å². The van der Waals surface area contributed by atoms with Crippen molar-refractivity contribution in [3.63, 3.8) is 0 Å². The van der Waals surface area contributed by atoms with Gasteiger partial charge in [0.25, 0.3) is 5.91 Å². The molecule has 1 unspecified atom stereocenters. The Labute approximate surface area is 183 Å². The molecule has 2 aliphatic rings. The molecule has 2 aliphatic heterocycles. The number of morpholine rings is 1. The molecule has 7 heteroatoms. The molecule has 0 aliphatic carbocycles. The molecule has 0 radical (unpaired) electrons. The highest BCUT2D eigenvalue weighted by Gasteiger charge is 2.42. The van der Waals surface area contributed by atoms with Crippen LogP contribution >= 0.6 is 0 Å². The third-order valence-corrected chi connectivity index (χ3v) is 5.80. The summed E-state index contributed by atoms with van der Waals surface area (Å²) in [6.07, 6.45) is 0.918. The van der Waals surface area contributed by atoms with E-state index in [1.807, 2.05) is 35.2 Å². The number of rotatable bonds is 5. The molecular weight excluding hydrogens is 396 g/mol. The Morgan fingerprint density at radius 2 is 1.74 bits per heavy atom. The average Bonchev–Trinajstić information content (AvgIpc) is 3.00. The van der Waals surface area contributed by atoms with Crippen LogP contribution in [0.5, 0.6) is 11.5 Å². The maximum absolute atomic E-state index is 13.2. The van der Waals surface area contributed by atoms with Crippen LogP contribution in [0.2, 0.25) is 0 Å². The van der Waals surface area contributed by atoms with Gasteiger partial charge in [-0.2, -0.15) is 0 Å². The second-order valence-corrected chi connectivity index (χ2v) is 7.95. The number of hydrogen-bond donors (Lipinski definition) is 0. The number of benzene rings is 2. The Morgan fingerprint density at radius 3 is 2.52 bits per heavy atom. The van der Waals surface area contributed by atoms with Crippen LogP contribution in [0.3, 0.4) is 0 Å². The first kappa shape index (κ1) is 21.6. The molecule has 31 heavy (non-hydrogen) atoms. The van der Waals surface area contributed by atoms with E-state index < -0.39 is 5.79 Å². The van der Waals surface area contributed by atoms with E-state index in [2.05, 4.69) is 17.0 Å². The van der Waals surface area contributed by atoms with Gasteiger partial charge in [0.2, 0.25) is 0 Å². The lowest BCUT2D eigenvalue weighted by Gasteiger charge is -2.43. The van der Waals surface area contributed by atoms with Crippen LogP contribution < -0.4 is 9.47 Å². The Bertz CT molecular complexity index is 888. The van der Waals surface area contributed by atoms with Gasteiger partial charge in [-0.3, -0.25) is 9.69 Å². The summed E-state index contributed by atoms with van der Waals surface area (Å²) in [5.74, 6) is 0.546. The van der Waals surface area contributed by atoms with E-state index in [9.17, 15) is 4.79 Å². The van der Waals surface area contributed by atoms with Crippen molar-refractivity contribution in [3.05, 3.63) is 59.7 Å². The predicted octanol–water partition coefficient (Wildman–Crippen LogP) is 2.80. The topological polar surface area (TPSA) is 60.5 Å². The monoisotopic (exact) mass is 426 g/mol. The summed E-state index contributed by atoms with van der Waals surface area (Å²) in [5.41, 5.74) is 1.77. The Balaban J connectivity index is 1.48. The normalized spacial score (nSPS) is 22.2. The second kappa shape index (κ2) is 9.68. The van der Waals surface area contributed by atoms with Crippen molar-refractivity contribution < 1.29 is 23.7 Å². The van der Waals surface area contributed by atoms with Crippen LogP contribution in [0.15, 0.2) is 48.5 Å². The SMILES string of the molecule is COc1ccc(CN2CCCOC3(C2)CN(C(=O)c2ccccc2OC)CCO3)cc1. The van der Waals surface area contributed by atoms with Gasteiger partial charge in [0.15, 0.2) is 5.79 Å². The molecule has 2 heterocycles. The van der Waals surface area contributed by atoms with Crippen molar-refractivity contribution in [1.29, 1.82) is 0 Å². The first-order valence-electron chi connectivity index (χ1n) is 10.7. The molecule has 0 bridgehead atoms. The number of nitrogens with zero attached hydrogens (tertiary/aromatic N) is 2. The summed E-state index contributed by atoms with van der Waals surface area (Å²) in [4.78, 5) is 17.4. The van der Waals surface area contributed by atoms with Crippen LogP contribution in [0.4, 0.5) is 0 Å². The molecular formula is C24H30N2O5. The predicted molar refractivity (Wildman–Crippen MR) is 116 cm³/mol. The first-order chi connectivity index (χ1) is 15.1. The van der Waals surface area contributed by atoms with Crippen molar-refractivity contribution in [3.8, 4) is 11.5 Å². The molecule has 0 N–H and O–H groups in total. The van der Waals surface area contributed by atoms with Crippen LogP contribution in [0.1, 0.15) is 22.3 Å². The van der Waals surface area contributed by atoms with Gasteiger partial charge in [0.05, 0.1) is 46.1 Å². The van der Waals surface area contributed by atoms with Gasteiger partial charge in [-0.15, -0.1) is 0 Å². The second-order valence-electron chi connectivity index (χ2n) is 7.95. The van der Waals surface area contributed by atoms with E-state index in [4.69, 9.17) is 18.9 Å². The fraction of sp³-hybridized carbons (Fsp3) is 0.458. The third-order valence-electron chi connectivity index (χ3n) is 5.80. The minimum atomic E-state index is -0.821. The molecule has 1 amide bonds. The molecule has 166 valence electrons. The lowest BCUT2D eigenvalue weighted by atomic mass is 10.1. The summed E-state index contributed by atoms with van der Waals surface area (Å²) in [6, 6.07) is 15.4. The van der Waals surface area contributed by atoms with Crippen molar-refractivity contribution in [2.24, 2.45) is 0 Å². The standard InChI is InChI=1S/C24H30N2O5/c1-28-20-10-8-19(9-11-20)16-25-12-5-14-30-24(17-25)18-26(13-15-31-24)23(27)21-6-3-4-7-22(21)29-2/h3-4,6-11H,5,12-18H2,1-2H3. The third kappa shape index (κ3) is 5.01. The van der Waals surface area contributed by atoms with Crippen LogP contribution in [0, 0.1) is 0 Å². The van der Waals surface area contributed by atoms with E-state index in [0.717, 1.165) is 25.3 Å². The van der Waals surface area contributed by atoms with E-state index in [1.165, 1.54) is 5.56 Å². The highest BCUT2D eigenvalue weighted by Crippen LogP contribution is 2.28. The van der Waals surface area contributed by atoms with Gasteiger partial charge in [0.1, 0.15) is 11.5 Å². The maximum Gasteiger partial charge on any atom is 0.257 e. The highest BCUT2D eigenvalue weighted by molar-refractivity contribution is 5.97. The Kier molecular flexibility index (Phi) is 6.75. The molecule has 2 saturated heterocycles. The maximum atomic E-state index is 13.2. The summed E-state index contributed by atoms with van der Waals surface area (Å²) < 4.78 is 23.0. The molecule has 1 atom stereocenters. The lowest BCUT2D eigenvalue weighted by Crippen LogP contribution is -2.59. The fourth-order valence-electron chi connectivity index (χ4n) is 4.24. The number of amides is 1. The zero-order chi connectivity index (χ0) is 21.7. The Hall–Kier alpha value is -2.61. The number of para-hydroxylation sites is 1. The largest absolute Gasteiger partial charge is 0.497 e. The molecule has 0 aromatic heterocycles. The summed E-state index contributed by atoms with van der Waals surface area (Å²) in [6.45, 7) is 4.28. The average molecular weight is 427 g/mol. The van der Waals surface area contributed by atoms with Gasteiger partial charge in [-0.25, -0.2) is 0 Å². The number of ether oxygens (including phenoxy) is 4. The molecule has 0 saturated carbocycles. The quantitative estimate of drug-likeness (QED) is 0.733. The van der Waals surface area contributed by atoms with Crippen LogP contribution in [-0.4, -0.2) is 75.1 Å². The smallest absolute Gasteiger partial charge is 0.257 e. The van der Waals surface area contributed by atoms with E-state index in [0.29, 0.717) is 44.2 Å². The van der Waals surface area contributed by atoms with Crippen molar-refractivity contribution in [2.75, 3.05) is 53.6 Å². The van der Waals surface area contributed by atoms with Gasteiger partial charge in [-0.1, -0.05) is 24.3 Å². The van der Waals surface area contributed by atoms with Crippen molar-refractivity contribution in [2.45, 2.75) is 18.8 Å². The zero-order valence-corrected chi connectivity index (χ0v) is 18.2. The van der Waals surface area contributed by atoms with Gasteiger partial charge in [0, 0.05) is 19.6 Å². The van der Waals surface area contributed by atoms with Gasteiger partial charge in [-0.05, 0) is 36.2 Å². The molecule has 4 rings (SSSR count). The van der Waals surface area contributed by atoms with Crippen molar-refractivity contribution >= 4 is 5.91 Å². The molecule has 2 fully saturated rings. The van der Waals surface area contributed by atoms with E-state index in [1.54, 1.807) is 20.3 Å². The van der Waals surface area contributed by atoms with E-state index >= 15 is 0 Å². The number of carbonyl (C=O) groups is 1. The minimum Gasteiger partial charge on any atom is -0.497 e. The zero-order valence-electron chi connectivity index (χ0n) is 18.2. The van der Waals surface area contributed by atoms with Crippen LogP contribution in [-0.2, 0) is 16.0 Å². The number of hydrogen-bond acceptors (Lipinski definition) is 6. The Morgan fingerprint density at radius 1 is 0.968 bits per heavy atom. The first-order valence-corrected chi connectivity index (χ1v) is 10.7. The molecule has 1 spiro atoms. The lowest BCUT2D eigenvalue weighted by molar-refractivity contribution is -0.261. The van der Waals surface area contributed by atoms with Crippen molar-refractivity contribution in [1.82, 2.24) is 9.80 Å². The minimum absolute atomic E-state index is 0.0605. The molecule has 2 aromatic carbocycles. The van der Waals surface area contributed by atoms with E-state index in [-0.39, 0.29) is 5.91 Å². The summed E-state index contributed by atoms with van der Waals surface area (Å²) in [7, 11) is 3.25. The number of carbonyl (C=O) groups excluding carboxylic acids is 1.